The molecule has 0 atom stereocenters. The zero-order valence-electron chi connectivity index (χ0n) is 2.62. The van der Waals surface area contributed by atoms with Gasteiger partial charge in [-0.25, -0.2) is 0 Å². The first-order chi connectivity index (χ1) is 2.89. The van der Waals surface area contributed by atoms with E-state index in [0.29, 0.717) is 0 Å². The number of carbonyl (C=O) groups is 1. The van der Waals surface area contributed by atoms with Crippen molar-refractivity contribution in [3.8, 4) is 0 Å². The quantitative estimate of drug-likeness (QED) is 0.451. The summed E-state index contributed by atoms with van der Waals surface area (Å²) in [6, 6.07) is 0. The second kappa shape index (κ2) is 1.53. The Morgan fingerprint density at radius 2 is 2.50 bits per heavy atom. The standard InChI is InChI=1S/CN2OS2/c4-1-2-6-3-5-1. The van der Waals surface area contributed by atoms with Crippen molar-refractivity contribution in [1.29, 1.82) is 0 Å². The average Bonchev–Trinajstić information content (AvgIpc) is 1.86. The second-order valence-electron chi connectivity index (χ2n) is 0.605. The van der Waals surface area contributed by atoms with Crippen LogP contribution in [0.5, 0.6) is 0 Å². The van der Waals surface area contributed by atoms with Crippen LogP contribution in [0.3, 0.4) is 0 Å². The van der Waals surface area contributed by atoms with E-state index in [1.165, 1.54) is 0 Å². The van der Waals surface area contributed by atoms with Crippen molar-refractivity contribution in [2.75, 3.05) is 0 Å². The number of amides is 1. The molecule has 0 unspecified atom stereocenters. The first-order valence-corrected chi connectivity index (χ1v) is 2.68. The third kappa shape index (κ3) is 0.662. The molecule has 0 radical (unpaired) electrons. The summed E-state index contributed by atoms with van der Waals surface area (Å²) in [5, 5.41) is -0.208. The van der Waals surface area contributed by atoms with E-state index in [1.54, 1.807) is 0 Å². The van der Waals surface area contributed by atoms with Crippen molar-refractivity contribution < 1.29 is 4.79 Å². The molecule has 0 aliphatic carbocycles. The molecular formula is CN2OS2. The maximum atomic E-state index is 9.92. The highest BCUT2D eigenvalue weighted by atomic mass is 32.2. The van der Waals surface area contributed by atoms with Gasteiger partial charge in [0.2, 0.25) is 0 Å². The monoisotopic (exact) mass is 120 g/mol. The van der Waals surface area contributed by atoms with Crippen molar-refractivity contribution in [2.24, 2.45) is 8.13 Å². The summed E-state index contributed by atoms with van der Waals surface area (Å²) in [5.41, 5.74) is 0. The van der Waals surface area contributed by atoms with Crippen molar-refractivity contribution in [3.05, 3.63) is 0 Å². The van der Waals surface area contributed by atoms with E-state index < -0.39 is 0 Å². The Bertz CT molecular complexity index is 134. The van der Waals surface area contributed by atoms with E-state index in [2.05, 4.69) is 8.13 Å². The minimum absolute atomic E-state index is 0.208. The van der Waals surface area contributed by atoms with E-state index in [-0.39, 0.29) is 5.24 Å². The van der Waals surface area contributed by atoms with Gasteiger partial charge in [0.25, 0.3) is 0 Å². The molecule has 1 heterocycles. The SMILES string of the molecule is O=C1N=S=NS1. The topological polar surface area (TPSA) is 41.8 Å². The Morgan fingerprint density at radius 3 is 2.67 bits per heavy atom. The predicted octanol–water partition coefficient (Wildman–Crippen LogP) is 1.22. The summed E-state index contributed by atoms with van der Waals surface area (Å²) in [4.78, 5) is 9.92. The van der Waals surface area contributed by atoms with Crippen LogP contribution in [0, 0.1) is 0 Å². The molecule has 0 aromatic carbocycles. The summed E-state index contributed by atoms with van der Waals surface area (Å²) in [7, 11) is 0. The minimum Gasteiger partial charge on any atom is -0.256 e. The molecule has 0 saturated heterocycles. The third-order valence-corrected chi connectivity index (χ3v) is 1.44. The van der Waals surface area contributed by atoms with Gasteiger partial charge in [0, 0.05) is 0 Å². The fourth-order valence-electron chi connectivity index (χ4n) is 0.115. The van der Waals surface area contributed by atoms with E-state index in [1.807, 2.05) is 0 Å². The van der Waals surface area contributed by atoms with Gasteiger partial charge in [-0.15, -0.1) is 8.13 Å². The Morgan fingerprint density at radius 1 is 1.67 bits per heavy atom. The number of carbonyl (C=O) groups excluding carboxylic acids is 1. The Labute approximate surface area is 42.1 Å². The average molecular weight is 120 g/mol. The summed E-state index contributed by atoms with van der Waals surface area (Å²) in [6.45, 7) is 0. The third-order valence-electron chi connectivity index (χ3n) is 0.264. The molecule has 1 amide bonds. The van der Waals surface area contributed by atoms with Crippen LogP contribution in [0.4, 0.5) is 4.79 Å². The largest absolute Gasteiger partial charge is 0.340 e. The van der Waals surface area contributed by atoms with Crippen LogP contribution in [-0.2, 0) is 11.4 Å². The van der Waals surface area contributed by atoms with Crippen molar-refractivity contribution >= 4 is 28.5 Å². The Hall–Kier alpha value is -0.160. The zero-order valence-corrected chi connectivity index (χ0v) is 4.25. The van der Waals surface area contributed by atoms with Crippen LogP contribution in [0.25, 0.3) is 0 Å². The van der Waals surface area contributed by atoms with Crippen molar-refractivity contribution in [1.82, 2.24) is 0 Å². The molecular weight excluding hydrogens is 120 g/mol. The van der Waals surface area contributed by atoms with Gasteiger partial charge in [0.05, 0.1) is 23.3 Å². The molecule has 0 bridgehead atoms. The number of hydrogen-bond donors (Lipinski definition) is 0. The summed E-state index contributed by atoms with van der Waals surface area (Å²) < 4.78 is 6.79. The molecule has 0 aromatic heterocycles. The molecule has 0 fully saturated rings. The predicted molar refractivity (Wildman–Crippen MR) is 25.2 cm³/mol. The summed E-state index contributed by atoms with van der Waals surface area (Å²) in [6.07, 6.45) is 0. The molecule has 32 valence electrons. The molecule has 1 aliphatic rings. The lowest BCUT2D eigenvalue weighted by Gasteiger charge is -1.63. The van der Waals surface area contributed by atoms with Gasteiger partial charge in [0.1, 0.15) is 0 Å². The maximum Gasteiger partial charge on any atom is 0.340 e. The van der Waals surface area contributed by atoms with Crippen LogP contribution in [-0.4, -0.2) is 5.24 Å². The van der Waals surface area contributed by atoms with E-state index >= 15 is 0 Å². The van der Waals surface area contributed by atoms with Crippen molar-refractivity contribution in [2.45, 2.75) is 0 Å². The molecule has 5 heteroatoms. The highest BCUT2D eigenvalue weighted by Gasteiger charge is 1.99. The first-order valence-electron chi connectivity index (χ1n) is 1.18. The molecule has 1 rings (SSSR count). The van der Waals surface area contributed by atoms with Gasteiger partial charge in [-0.05, 0) is 0 Å². The summed E-state index contributed by atoms with van der Waals surface area (Å²) in [5.74, 6) is 0. The van der Waals surface area contributed by atoms with Gasteiger partial charge in [0.15, 0.2) is 0 Å². The molecule has 1 aliphatic heterocycles. The fraction of sp³-hybridized carbons (Fsp3) is 0. The van der Waals surface area contributed by atoms with E-state index in [0.717, 1.165) is 23.3 Å². The van der Waals surface area contributed by atoms with Gasteiger partial charge >= 0.3 is 5.24 Å². The van der Waals surface area contributed by atoms with Gasteiger partial charge in [-0.1, -0.05) is 0 Å². The Kier molecular flexibility index (Phi) is 1.02. The lowest BCUT2D eigenvalue weighted by Crippen LogP contribution is -1.65. The second-order valence-corrected chi connectivity index (χ2v) is 2.08. The molecule has 0 saturated carbocycles. The summed E-state index contributed by atoms with van der Waals surface area (Å²) >= 11 is 1.83. The highest BCUT2D eigenvalue weighted by molar-refractivity contribution is 8.16. The minimum atomic E-state index is -0.208. The maximum absolute atomic E-state index is 9.92. The van der Waals surface area contributed by atoms with Crippen molar-refractivity contribution in [3.63, 3.8) is 0 Å². The van der Waals surface area contributed by atoms with Gasteiger partial charge < -0.3 is 0 Å². The Balaban J connectivity index is 2.79. The van der Waals surface area contributed by atoms with Crippen LogP contribution in [0.2, 0.25) is 0 Å². The van der Waals surface area contributed by atoms with Crippen LogP contribution >= 0.6 is 11.9 Å². The molecule has 3 nitrogen and oxygen atoms in total. The van der Waals surface area contributed by atoms with Gasteiger partial charge in [-0.2, -0.15) is 0 Å². The molecule has 0 spiro atoms. The molecule has 6 heavy (non-hydrogen) atoms. The highest BCUT2D eigenvalue weighted by Crippen LogP contribution is 2.09. The van der Waals surface area contributed by atoms with Gasteiger partial charge in [-0.3, -0.25) is 4.79 Å². The molecule has 0 N–H and O–H groups in total. The number of rotatable bonds is 0. The normalized spacial score (nSPS) is 18.3. The smallest absolute Gasteiger partial charge is 0.256 e. The van der Waals surface area contributed by atoms with E-state index in [4.69, 9.17) is 0 Å². The zero-order chi connectivity index (χ0) is 4.41. The molecule has 0 aromatic rings. The van der Waals surface area contributed by atoms with Crippen LogP contribution in [0.1, 0.15) is 0 Å². The lowest BCUT2D eigenvalue weighted by molar-refractivity contribution is 0.268. The number of hydrogen-bond acceptors (Lipinski definition) is 3. The first kappa shape index (κ1) is 4.01. The fourth-order valence-corrected chi connectivity index (χ4v) is 0.937. The van der Waals surface area contributed by atoms with Crippen LogP contribution < -0.4 is 0 Å². The number of nitrogens with zero attached hydrogens (tertiary/aromatic N) is 2. The van der Waals surface area contributed by atoms with Crippen LogP contribution in [0.15, 0.2) is 8.13 Å². The lowest BCUT2D eigenvalue weighted by atomic mass is 11.5. The van der Waals surface area contributed by atoms with E-state index in [9.17, 15) is 4.79 Å².